The van der Waals surface area contributed by atoms with Crippen molar-refractivity contribution < 1.29 is 9.53 Å². The fourth-order valence-electron chi connectivity index (χ4n) is 1.96. The number of ether oxygens (including phenoxy) is 1. The molecule has 3 nitrogen and oxygen atoms in total. The SMILES string of the molecule is COC(CNC(=O)c1cc(Br)ccc1Cl)c1ccccc1. The summed E-state index contributed by atoms with van der Waals surface area (Å²) in [6, 6.07) is 14.9. The molecule has 1 atom stereocenters. The predicted octanol–water partition coefficient (Wildman–Crippen LogP) is 4.22. The third kappa shape index (κ3) is 4.30. The van der Waals surface area contributed by atoms with Crippen molar-refractivity contribution in [1.82, 2.24) is 5.32 Å². The van der Waals surface area contributed by atoms with Crippen LogP contribution >= 0.6 is 27.5 Å². The highest BCUT2D eigenvalue weighted by Crippen LogP contribution is 2.21. The standard InChI is InChI=1S/C16H15BrClNO2/c1-21-15(11-5-3-2-4-6-11)10-19-16(20)13-9-12(17)7-8-14(13)18/h2-9,15H,10H2,1H3,(H,19,20). The molecule has 0 saturated carbocycles. The van der Waals surface area contributed by atoms with Crippen LogP contribution in [0.1, 0.15) is 22.0 Å². The molecule has 0 bridgehead atoms. The molecule has 2 rings (SSSR count). The quantitative estimate of drug-likeness (QED) is 0.858. The van der Waals surface area contributed by atoms with Crippen molar-refractivity contribution in [3.8, 4) is 0 Å². The average molecular weight is 369 g/mol. The molecule has 0 aliphatic carbocycles. The van der Waals surface area contributed by atoms with Gasteiger partial charge in [-0.25, -0.2) is 0 Å². The van der Waals surface area contributed by atoms with Crippen molar-refractivity contribution in [3.05, 3.63) is 69.2 Å². The number of hydrogen-bond acceptors (Lipinski definition) is 2. The number of nitrogens with one attached hydrogen (secondary N) is 1. The third-order valence-corrected chi connectivity index (χ3v) is 3.90. The summed E-state index contributed by atoms with van der Waals surface area (Å²) in [5.74, 6) is -0.223. The number of rotatable bonds is 5. The molecule has 0 spiro atoms. The molecule has 5 heteroatoms. The van der Waals surface area contributed by atoms with Crippen LogP contribution in [-0.2, 0) is 4.74 Å². The van der Waals surface area contributed by atoms with Crippen LogP contribution in [0.2, 0.25) is 5.02 Å². The maximum absolute atomic E-state index is 12.2. The molecule has 0 aliphatic heterocycles. The molecular formula is C16H15BrClNO2. The summed E-state index contributed by atoms with van der Waals surface area (Å²) in [4.78, 5) is 12.2. The maximum Gasteiger partial charge on any atom is 0.252 e. The van der Waals surface area contributed by atoms with Gasteiger partial charge in [0, 0.05) is 18.1 Å². The lowest BCUT2D eigenvalue weighted by Crippen LogP contribution is -2.29. The minimum atomic E-state index is -0.223. The predicted molar refractivity (Wildman–Crippen MR) is 87.7 cm³/mol. The molecule has 2 aromatic rings. The van der Waals surface area contributed by atoms with Crippen LogP contribution in [0, 0.1) is 0 Å². The molecule has 1 N–H and O–H groups in total. The number of halogens is 2. The van der Waals surface area contributed by atoms with Gasteiger partial charge in [0.2, 0.25) is 0 Å². The summed E-state index contributed by atoms with van der Waals surface area (Å²) < 4.78 is 6.23. The topological polar surface area (TPSA) is 38.3 Å². The molecule has 110 valence electrons. The van der Waals surface area contributed by atoms with Crippen LogP contribution in [0.25, 0.3) is 0 Å². The van der Waals surface area contributed by atoms with E-state index in [1.54, 1.807) is 25.3 Å². The normalized spacial score (nSPS) is 12.0. The zero-order valence-electron chi connectivity index (χ0n) is 11.5. The second-order valence-corrected chi connectivity index (χ2v) is 5.79. The van der Waals surface area contributed by atoms with Gasteiger partial charge in [0.15, 0.2) is 0 Å². The van der Waals surface area contributed by atoms with E-state index in [9.17, 15) is 4.79 Å². The minimum Gasteiger partial charge on any atom is -0.375 e. The van der Waals surface area contributed by atoms with Crippen LogP contribution in [0.5, 0.6) is 0 Å². The number of methoxy groups -OCH3 is 1. The monoisotopic (exact) mass is 367 g/mol. The molecule has 0 aliphatic rings. The molecule has 0 saturated heterocycles. The van der Waals surface area contributed by atoms with Gasteiger partial charge in [-0.3, -0.25) is 4.79 Å². The van der Waals surface area contributed by atoms with Crippen molar-refractivity contribution in [2.75, 3.05) is 13.7 Å². The Labute approximate surface area is 137 Å². The van der Waals surface area contributed by atoms with E-state index in [1.807, 2.05) is 30.3 Å². The van der Waals surface area contributed by atoms with Gasteiger partial charge < -0.3 is 10.1 Å². The van der Waals surface area contributed by atoms with Crippen molar-refractivity contribution >= 4 is 33.4 Å². The largest absolute Gasteiger partial charge is 0.375 e. The molecular weight excluding hydrogens is 354 g/mol. The maximum atomic E-state index is 12.2. The number of amides is 1. The Bertz CT molecular complexity index is 619. The minimum absolute atomic E-state index is 0.193. The van der Waals surface area contributed by atoms with Crippen molar-refractivity contribution in [2.24, 2.45) is 0 Å². The molecule has 1 unspecified atom stereocenters. The Balaban J connectivity index is 2.04. The smallest absolute Gasteiger partial charge is 0.252 e. The van der Waals surface area contributed by atoms with Crippen LogP contribution < -0.4 is 5.32 Å². The Morgan fingerprint density at radius 3 is 2.67 bits per heavy atom. The van der Waals surface area contributed by atoms with Gasteiger partial charge in [-0.1, -0.05) is 57.9 Å². The van der Waals surface area contributed by atoms with Gasteiger partial charge in [-0.2, -0.15) is 0 Å². The summed E-state index contributed by atoms with van der Waals surface area (Å²) >= 11 is 9.38. The lowest BCUT2D eigenvalue weighted by Gasteiger charge is -2.16. The zero-order chi connectivity index (χ0) is 15.2. The summed E-state index contributed by atoms with van der Waals surface area (Å²) in [6.07, 6.45) is -0.193. The third-order valence-electron chi connectivity index (χ3n) is 3.08. The second kappa shape index (κ2) is 7.59. The highest BCUT2D eigenvalue weighted by Gasteiger charge is 2.15. The highest BCUT2D eigenvalue weighted by atomic mass is 79.9. The summed E-state index contributed by atoms with van der Waals surface area (Å²) in [6.45, 7) is 0.377. The Hall–Kier alpha value is -1.36. The molecule has 2 aromatic carbocycles. The molecule has 0 radical (unpaired) electrons. The Morgan fingerprint density at radius 2 is 2.00 bits per heavy atom. The van der Waals surface area contributed by atoms with Crippen LogP contribution in [0.3, 0.4) is 0 Å². The lowest BCUT2D eigenvalue weighted by atomic mass is 10.1. The van der Waals surface area contributed by atoms with Gasteiger partial charge in [-0.15, -0.1) is 0 Å². The van der Waals surface area contributed by atoms with Crippen LogP contribution in [-0.4, -0.2) is 19.6 Å². The summed E-state index contributed by atoms with van der Waals surface area (Å²) in [7, 11) is 1.62. The summed E-state index contributed by atoms with van der Waals surface area (Å²) in [5.41, 5.74) is 1.45. The van der Waals surface area contributed by atoms with Gasteiger partial charge >= 0.3 is 0 Å². The Morgan fingerprint density at radius 1 is 1.29 bits per heavy atom. The van der Waals surface area contributed by atoms with Gasteiger partial charge in [0.25, 0.3) is 5.91 Å². The van der Waals surface area contributed by atoms with Gasteiger partial charge in [-0.05, 0) is 23.8 Å². The number of carbonyl (C=O) groups excluding carboxylic acids is 1. The number of carbonyl (C=O) groups is 1. The first kappa shape index (κ1) is 16.0. The van der Waals surface area contributed by atoms with Crippen molar-refractivity contribution in [1.29, 1.82) is 0 Å². The van der Waals surface area contributed by atoms with Gasteiger partial charge in [0.1, 0.15) is 0 Å². The molecule has 0 heterocycles. The van der Waals surface area contributed by atoms with Crippen LogP contribution in [0.4, 0.5) is 0 Å². The summed E-state index contributed by atoms with van der Waals surface area (Å²) in [5, 5.41) is 3.27. The Kier molecular flexibility index (Phi) is 5.79. The zero-order valence-corrected chi connectivity index (χ0v) is 13.8. The van der Waals surface area contributed by atoms with Crippen molar-refractivity contribution in [2.45, 2.75) is 6.10 Å². The van der Waals surface area contributed by atoms with Gasteiger partial charge in [0.05, 0.1) is 16.7 Å². The van der Waals surface area contributed by atoms with E-state index in [0.29, 0.717) is 17.1 Å². The molecule has 0 aromatic heterocycles. The van der Waals surface area contributed by atoms with E-state index in [2.05, 4.69) is 21.2 Å². The van der Waals surface area contributed by atoms with E-state index in [0.717, 1.165) is 10.0 Å². The number of benzene rings is 2. The van der Waals surface area contributed by atoms with Crippen molar-refractivity contribution in [3.63, 3.8) is 0 Å². The molecule has 21 heavy (non-hydrogen) atoms. The van der Waals surface area contributed by atoms with E-state index in [4.69, 9.17) is 16.3 Å². The second-order valence-electron chi connectivity index (χ2n) is 4.47. The fraction of sp³-hybridized carbons (Fsp3) is 0.188. The van der Waals surface area contributed by atoms with Crippen LogP contribution in [0.15, 0.2) is 53.0 Å². The molecule has 1 amide bonds. The van der Waals surface area contributed by atoms with E-state index < -0.39 is 0 Å². The van der Waals surface area contributed by atoms with E-state index in [-0.39, 0.29) is 12.0 Å². The fourth-order valence-corrected chi connectivity index (χ4v) is 2.52. The first-order valence-electron chi connectivity index (χ1n) is 6.43. The number of hydrogen-bond donors (Lipinski definition) is 1. The van der Waals surface area contributed by atoms with E-state index >= 15 is 0 Å². The average Bonchev–Trinajstić information content (AvgIpc) is 2.51. The lowest BCUT2D eigenvalue weighted by molar-refractivity contribution is 0.0828. The molecule has 0 fully saturated rings. The first-order chi connectivity index (χ1) is 10.1. The highest BCUT2D eigenvalue weighted by molar-refractivity contribution is 9.10. The first-order valence-corrected chi connectivity index (χ1v) is 7.60. The van der Waals surface area contributed by atoms with E-state index in [1.165, 1.54) is 0 Å².